The summed E-state index contributed by atoms with van der Waals surface area (Å²) in [6.07, 6.45) is 1.33. The Labute approximate surface area is 120 Å². The fraction of sp³-hybridized carbons (Fsp3) is 0.0667. The maximum absolute atomic E-state index is 11.1. The number of benzene rings is 1. The number of amides is 1. The number of anilines is 1. The van der Waals surface area contributed by atoms with Crippen LogP contribution >= 0.6 is 0 Å². The van der Waals surface area contributed by atoms with Crippen LogP contribution in [0.15, 0.2) is 36.5 Å². The Morgan fingerprint density at radius 2 is 1.95 bits per heavy atom. The molecule has 0 saturated heterocycles. The van der Waals surface area contributed by atoms with Crippen molar-refractivity contribution in [1.29, 1.82) is 0 Å². The quantitative estimate of drug-likeness (QED) is 0.742. The summed E-state index contributed by atoms with van der Waals surface area (Å²) in [5.74, 6) is -0.229. The average molecular weight is 279 g/mol. The molecule has 0 aliphatic rings. The van der Waals surface area contributed by atoms with Crippen molar-refractivity contribution >= 4 is 22.6 Å². The fourth-order valence-electron chi connectivity index (χ4n) is 2.17. The van der Waals surface area contributed by atoms with Crippen LogP contribution in [-0.2, 0) is 0 Å². The van der Waals surface area contributed by atoms with Crippen molar-refractivity contribution in [3.05, 3.63) is 47.7 Å². The number of rotatable bonds is 2. The zero-order chi connectivity index (χ0) is 15.0. The second-order valence-electron chi connectivity index (χ2n) is 4.70. The third-order valence-corrected chi connectivity index (χ3v) is 3.24. The highest BCUT2D eigenvalue weighted by Gasteiger charge is 2.12. The maximum Gasteiger partial charge on any atom is 0.254 e. The molecule has 4 N–H and O–H groups in total. The monoisotopic (exact) mass is 279 g/mol. The minimum atomic E-state index is -0.651. The van der Waals surface area contributed by atoms with E-state index < -0.39 is 5.91 Å². The van der Waals surface area contributed by atoms with Gasteiger partial charge in [0, 0.05) is 11.6 Å². The van der Waals surface area contributed by atoms with Gasteiger partial charge in [0.25, 0.3) is 5.91 Å². The van der Waals surface area contributed by atoms with Gasteiger partial charge in [-0.05, 0) is 24.6 Å². The number of nitrogens with zero attached hydrogens (tertiary/aromatic N) is 3. The molecule has 104 valence electrons. The number of para-hydroxylation sites is 1. The van der Waals surface area contributed by atoms with E-state index in [0.717, 1.165) is 16.5 Å². The minimum absolute atomic E-state index is 0.0557. The number of nitrogens with two attached hydrogens (primary N) is 2. The van der Waals surface area contributed by atoms with E-state index in [2.05, 4.69) is 15.0 Å². The van der Waals surface area contributed by atoms with Gasteiger partial charge in [0.2, 0.25) is 0 Å². The zero-order valence-electron chi connectivity index (χ0n) is 11.4. The van der Waals surface area contributed by atoms with Gasteiger partial charge in [0.15, 0.2) is 5.82 Å². The van der Waals surface area contributed by atoms with E-state index in [1.807, 2.05) is 37.3 Å². The Morgan fingerprint density at radius 1 is 1.19 bits per heavy atom. The molecule has 0 saturated carbocycles. The third kappa shape index (κ3) is 2.27. The van der Waals surface area contributed by atoms with Crippen LogP contribution in [0.4, 0.5) is 5.82 Å². The van der Waals surface area contributed by atoms with Crippen LogP contribution in [0.2, 0.25) is 0 Å². The summed E-state index contributed by atoms with van der Waals surface area (Å²) in [5, 5.41) is 1.07. The largest absolute Gasteiger partial charge is 0.383 e. The van der Waals surface area contributed by atoms with E-state index in [1.54, 1.807) is 0 Å². The summed E-state index contributed by atoms with van der Waals surface area (Å²) >= 11 is 0. The lowest BCUT2D eigenvalue weighted by Gasteiger charge is -2.07. The number of aryl methyl sites for hydroxylation is 1. The van der Waals surface area contributed by atoms with Crippen LogP contribution < -0.4 is 11.5 Å². The summed E-state index contributed by atoms with van der Waals surface area (Å²) in [6, 6.07) is 9.71. The van der Waals surface area contributed by atoms with Crippen LogP contribution in [0, 0.1) is 6.92 Å². The molecule has 2 aromatic heterocycles. The van der Waals surface area contributed by atoms with Gasteiger partial charge in [0.05, 0.1) is 11.1 Å². The molecule has 1 aromatic carbocycles. The predicted octanol–water partition coefficient (Wildman–Crippen LogP) is 1.68. The van der Waals surface area contributed by atoms with Crippen molar-refractivity contribution in [2.75, 3.05) is 5.73 Å². The molecule has 1 amide bonds. The Morgan fingerprint density at radius 3 is 2.67 bits per heavy atom. The average Bonchev–Trinajstić information content (AvgIpc) is 2.46. The summed E-state index contributed by atoms with van der Waals surface area (Å²) in [7, 11) is 0. The van der Waals surface area contributed by atoms with E-state index >= 15 is 0 Å². The summed E-state index contributed by atoms with van der Waals surface area (Å²) in [4.78, 5) is 23.9. The second-order valence-corrected chi connectivity index (χ2v) is 4.70. The van der Waals surface area contributed by atoms with E-state index in [1.165, 1.54) is 6.20 Å². The van der Waals surface area contributed by atoms with E-state index in [0.29, 0.717) is 11.5 Å². The summed E-state index contributed by atoms with van der Waals surface area (Å²) in [6.45, 7) is 1.99. The molecular weight excluding hydrogens is 266 g/mol. The van der Waals surface area contributed by atoms with Gasteiger partial charge in [-0.25, -0.2) is 15.0 Å². The van der Waals surface area contributed by atoms with E-state index in [9.17, 15) is 4.79 Å². The highest BCUT2D eigenvalue weighted by molar-refractivity contribution is 5.97. The van der Waals surface area contributed by atoms with Crippen molar-refractivity contribution in [1.82, 2.24) is 15.0 Å². The zero-order valence-corrected chi connectivity index (χ0v) is 11.4. The smallest absolute Gasteiger partial charge is 0.254 e. The Bertz CT molecular complexity index is 860. The van der Waals surface area contributed by atoms with Gasteiger partial charge < -0.3 is 11.5 Å². The van der Waals surface area contributed by atoms with Gasteiger partial charge in [-0.1, -0.05) is 18.2 Å². The predicted molar refractivity (Wildman–Crippen MR) is 80.4 cm³/mol. The first kappa shape index (κ1) is 13.0. The first-order chi connectivity index (χ1) is 10.1. The minimum Gasteiger partial charge on any atom is -0.383 e. The van der Waals surface area contributed by atoms with E-state index in [-0.39, 0.29) is 11.4 Å². The second kappa shape index (κ2) is 4.82. The van der Waals surface area contributed by atoms with Crippen LogP contribution in [0.1, 0.15) is 15.9 Å². The van der Waals surface area contributed by atoms with Crippen LogP contribution in [0.3, 0.4) is 0 Å². The van der Waals surface area contributed by atoms with Gasteiger partial charge in [-0.2, -0.15) is 0 Å². The van der Waals surface area contributed by atoms with Crippen LogP contribution in [0.5, 0.6) is 0 Å². The van der Waals surface area contributed by atoms with Crippen molar-refractivity contribution < 1.29 is 4.79 Å². The molecular formula is C15H13N5O. The van der Waals surface area contributed by atoms with Gasteiger partial charge in [-0.3, -0.25) is 4.79 Å². The highest BCUT2D eigenvalue weighted by Crippen LogP contribution is 2.22. The molecule has 3 aromatic rings. The number of aromatic nitrogens is 3. The van der Waals surface area contributed by atoms with Gasteiger partial charge >= 0.3 is 0 Å². The molecule has 0 unspecified atom stereocenters. The van der Waals surface area contributed by atoms with Crippen LogP contribution in [-0.4, -0.2) is 20.9 Å². The number of carbonyl (C=O) groups excluding carboxylic acids is 1. The SMILES string of the molecule is Cc1cc(-c2ncc(C(N)=O)c(N)n2)nc2ccccc12. The first-order valence-corrected chi connectivity index (χ1v) is 6.35. The Balaban J connectivity index is 2.16. The number of nitrogen functional groups attached to an aromatic ring is 1. The fourth-order valence-corrected chi connectivity index (χ4v) is 2.17. The lowest BCUT2D eigenvalue weighted by Crippen LogP contribution is -2.15. The summed E-state index contributed by atoms with van der Waals surface area (Å²) in [5.41, 5.74) is 13.6. The molecule has 0 fully saturated rings. The molecule has 0 aliphatic carbocycles. The van der Waals surface area contributed by atoms with Crippen molar-refractivity contribution in [2.45, 2.75) is 6.92 Å². The molecule has 0 spiro atoms. The van der Waals surface area contributed by atoms with Gasteiger partial charge in [-0.15, -0.1) is 0 Å². The maximum atomic E-state index is 11.1. The number of hydrogen-bond acceptors (Lipinski definition) is 5. The number of primary amides is 1. The Hall–Kier alpha value is -3.02. The third-order valence-electron chi connectivity index (χ3n) is 3.24. The number of hydrogen-bond donors (Lipinski definition) is 2. The van der Waals surface area contributed by atoms with Crippen molar-refractivity contribution in [3.63, 3.8) is 0 Å². The van der Waals surface area contributed by atoms with Crippen molar-refractivity contribution in [3.8, 4) is 11.5 Å². The van der Waals surface area contributed by atoms with Gasteiger partial charge in [0.1, 0.15) is 11.5 Å². The van der Waals surface area contributed by atoms with E-state index in [4.69, 9.17) is 11.5 Å². The molecule has 6 heteroatoms. The molecule has 6 nitrogen and oxygen atoms in total. The lowest BCUT2D eigenvalue weighted by atomic mass is 10.1. The van der Waals surface area contributed by atoms with Crippen molar-refractivity contribution in [2.24, 2.45) is 5.73 Å². The molecule has 0 bridgehead atoms. The normalized spacial score (nSPS) is 10.7. The summed E-state index contributed by atoms with van der Waals surface area (Å²) < 4.78 is 0. The molecule has 0 atom stereocenters. The molecule has 2 heterocycles. The number of pyridine rings is 1. The molecule has 21 heavy (non-hydrogen) atoms. The molecule has 3 rings (SSSR count). The topological polar surface area (TPSA) is 108 Å². The number of fused-ring (bicyclic) bond motifs is 1. The number of carbonyl (C=O) groups is 1. The van der Waals surface area contributed by atoms with Crippen LogP contribution in [0.25, 0.3) is 22.4 Å². The Kier molecular flexibility index (Phi) is 2.98. The standard InChI is InChI=1S/C15H13N5O/c1-8-6-12(19-11-5-3-2-4-9(8)11)15-18-7-10(14(17)21)13(16)20-15/h2-7H,1H3,(H2,17,21)(H2,16,18,20). The highest BCUT2D eigenvalue weighted by atomic mass is 16.1. The molecule has 0 aliphatic heterocycles. The lowest BCUT2D eigenvalue weighted by molar-refractivity contribution is 0.100. The first-order valence-electron chi connectivity index (χ1n) is 6.35. The molecule has 0 radical (unpaired) electrons.